The Hall–Kier alpha value is -1.31. The molecule has 1 aromatic rings. The summed E-state index contributed by atoms with van der Waals surface area (Å²) < 4.78 is 28.3. The standard InChI is InChI=1S/C15H20O3S/c1-2-3-4-5-6-7-11-14-18-19(16,17)15-12-9-8-10-13-15/h8-10,12-13H,2-6,14H2,1H3. The molecule has 0 radical (unpaired) electrons. The van der Waals surface area contributed by atoms with E-state index in [1.807, 2.05) is 0 Å². The summed E-state index contributed by atoms with van der Waals surface area (Å²) >= 11 is 0. The molecule has 0 fully saturated rings. The largest absolute Gasteiger partial charge is 0.297 e. The van der Waals surface area contributed by atoms with Crippen molar-refractivity contribution in [2.45, 2.75) is 43.9 Å². The maximum absolute atomic E-state index is 11.7. The van der Waals surface area contributed by atoms with E-state index in [0.717, 1.165) is 12.8 Å². The number of unbranched alkanes of at least 4 members (excludes halogenated alkanes) is 4. The van der Waals surface area contributed by atoms with Gasteiger partial charge in [0.15, 0.2) is 0 Å². The lowest BCUT2D eigenvalue weighted by Gasteiger charge is -2.01. The molecule has 0 amide bonds. The van der Waals surface area contributed by atoms with Crippen LogP contribution >= 0.6 is 0 Å². The fourth-order valence-corrected chi connectivity index (χ4v) is 2.38. The van der Waals surface area contributed by atoms with Crippen LogP contribution in [0.25, 0.3) is 0 Å². The first-order chi connectivity index (χ1) is 9.17. The Labute approximate surface area is 116 Å². The van der Waals surface area contributed by atoms with Gasteiger partial charge in [0, 0.05) is 6.42 Å². The van der Waals surface area contributed by atoms with E-state index >= 15 is 0 Å². The molecule has 0 aliphatic heterocycles. The van der Waals surface area contributed by atoms with Crippen molar-refractivity contribution in [2.75, 3.05) is 6.61 Å². The van der Waals surface area contributed by atoms with Gasteiger partial charge in [-0.1, -0.05) is 50.3 Å². The number of hydrogen-bond donors (Lipinski definition) is 0. The Bertz CT molecular complexity index is 509. The van der Waals surface area contributed by atoms with Crippen LogP contribution in [0.3, 0.4) is 0 Å². The summed E-state index contributed by atoms with van der Waals surface area (Å²) in [6.07, 6.45) is 5.46. The molecule has 0 saturated carbocycles. The van der Waals surface area contributed by atoms with Gasteiger partial charge in [-0.3, -0.25) is 4.18 Å². The number of hydrogen-bond acceptors (Lipinski definition) is 3. The monoisotopic (exact) mass is 280 g/mol. The van der Waals surface area contributed by atoms with Crippen molar-refractivity contribution < 1.29 is 12.6 Å². The van der Waals surface area contributed by atoms with Crippen LogP contribution in [0.15, 0.2) is 35.2 Å². The first kappa shape index (κ1) is 15.7. The van der Waals surface area contributed by atoms with E-state index in [2.05, 4.69) is 18.8 Å². The molecule has 0 bridgehead atoms. The maximum Gasteiger partial charge on any atom is 0.297 e. The lowest BCUT2D eigenvalue weighted by molar-refractivity contribution is 0.363. The predicted molar refractivity (Wildman–Crippen MR) is 76.1 cm³/mol. The number of rotatable bonds is 7. The van der Waals surface area contributed by atoms with Gasteiger partial charge >= 0.3 is 0 Å². The molecule has 0 N–H and O–H groups in total. The van der Waals surface area contributed by atoms with Crippen LogP contribution in [0.5, 0.6) is 0 Å². The molecule has 0 aliphatic rings. The van der Waals surface area contributed by atoms with Crippen molar-refractivity contribution in [2.24, 2.45) is 0 Å². The average Bonchev–Trinajstić information content (AvgIpc) is 2.43. The van der Waals surface area contributed by atoms with Crippen molar-refractivity contribution in [3.63, 3.8) is 0 Å². The van der Waals surface area contributed by atoms with Crippen molar-refractivity contribution in [3.05, 3.63) is 30.3 Å². The summed E-state index contributed by atoms with van der Waals surface area (Å²) in [6.45, 7) is 2.08. The van der Waals surface area contributed by atoms with Crippen molar-refractivity contribution in [1.29, 1.82) is 0 Å². The van der Waals surface area contributed by atoms with Crippen LogP contribution in [0.1, 0.15) is 39.0 Å². The van der Waals surface area contributed by atoms with E-state index in [9.17, 15) is 8.42 Å². The minimum Gasteiger partial charge on any atom is -0.253 e. The summed E-state index contributed by atoms with van der Waals surface area (Å²) in [5.74, 6) is 5.67. The maximum atomic E-state index is 11.7. The van der Waals surface area contributed by atoms with Gasteiger partial charge in [0.2, 0.25) is 0 Å². The zero-order valence-electron chi connectivity index (χ0n) is 11.3. The average molecular weight is 280 g/mol. The Morgan fingerprint density at radius 2 is 1.79 bits per heavy atom. The van der Waals surface area contributed by atoms with Gasteiger partial charge in [0.25, 0.3) is 10.1 Å². The molecule has 0 saturated heterocycles. The first-order valence-electron chi connectivity index (χ1n) is 6.57. The highest BCUT2D eigenvalue weighted by atomic mass is 32.2. The Morgan fingerprint density at radius 3 is 2.47 bits per heavy atom. The van der Waals surface area contributed by atoms with E-state index in [0.29, 0.717) is 0 Å². The highest BCUT2D eigenvalue weighted by Gasteiger charge is 2.12. The third-order valence-electron chi connectivity index (χ3n) is 2.60. The molecule has 1 rings (SSSR count). The normalized spacial score (nSPS) is 10.8. The van der Waals surface area contributed by atoms with Gasteiger partial charge < -0.3 is 0 Å². The van der Waals surface area contributed by atoms with Crippen LogP contribution in [0.4, 0.5) is 0 Å². The highest BCUT2D eigenvalue weighted by Crippen LogP contribution is 2.10. The molecule has 1 aromatic carbocycles. The zero-order chi connectivity index (χ0) is 14.0. The molecule has 0 unspecified atom stereocenters. The lowest BCUT2D eigenvalue weighted by atomic mass is 10.2. The smallest absolute Gasteiger partial charge is 0.253 e. The molecule has 0 atom stereocenters. The van der Waals surface area contributed by atoms with E-state index in [1.165, 1.54) is 31.4 Å². The Balaban J connectivity index is 2.31. The Morgan fingerprint density at radius 1 is 1.05 bits per heavy atom. The minimum atomic E-state index is -3.66. The third kappa shape index (κ3) is 6.42. The second-order valence-electron chi connectivity index (χ2n) is 4.19. The van der Waals surface area contributed by atoms with Gasteiger partial charge in [-0.2, -0.15) is 8.42 Å². The summed E-state index contributed by atoms with van der Waals surface area (Å²) in [5, 5.41) is 0. The topological polar surface area (TPSA) is 43.4 Å². The summed E-state index contributed by atoms with van der Waals surface area (Å²) in [6, 6.07) is 8.10. The van der Waals surface area contributed by atoms with E-state index < -0.39 is 10.1 Å². The predicted octanol–water partition coefficient (Wildman–Crippen LogP) is 3.37. The van der Waals surface area contributed by atoms with Crippen LogP contribution in [-0.4, -0.2) is 15.0 Å². The number of benzene rings is 1. The molecule has 0 aliphatic carbocycles. The van der Waals surface area contributed by atoms with Gasteiger partial charge in [-0.25, -0.2) is 0 Å². The van der Waals surface area contributed by atoms with E-state index in [4.69, 9.17) is 4.18 Å². The van der Waals surface area contributed by atoms with Gasteiger partial charge in [-0.05, 0) is 18.6 Å². The van der Waals surface area contributed by atoms with Gasteiger partial charge in [0.05, 0.1) is 4.90 Å². The van der Waals surface area contributed by atoms with Gasteiger partial charge in [-0.15, -0.1) is 5.92 Å². The van der Waals surface area contributed by atoms with Gasteiger partial charge in [0.1, 0.15) is 6.61 Å². The van der Waals surface area contributed by atoms with Crippen LogP contribution in [0.2, 0.25) is 0 Å². The quantitative estimate of drug-likeness (QED) is 0.437. The molecule has 0 heterocycles. The Kier molecular flexibility index (Phi) is 7.24. The minimum absolute atomic E-state index is 0.0784. The second kappa shape index (κ2) is 8.73. The van der Waals surface area contributed by atoms with Crippen LogP contribution in [0, 0.1) is 11.8 Å². The molecule has 4 heteroatoms. The fourth-order valence-electron chi connectivity index (χ4n) is 1.54. The van der Waals surface area contributed by atoms with Crippen LogP contribution < -0.4 is 0 Å². The lowest BCUT2D eigenvalue weighted by Crippen LogP contribution is -2.06. The first-order valence-corrected chi connectivity index (χ1v) is 7.98. The molecule has 19 heavy (non-hydrogen) atoms. The van der Waals surface area contributed by atoms with Crippen molar-refractivity contribution in [1.82, 2.24) is 0 Å². The van der Waals surface area contributed by atoms with Crippen molar-refractivity contribution >= 4 is 10.1 Å². The third-order valence-corrected chi connectivity index (χ3v) is 3.88. The molecule has 0 spiro atoms. The fraction of sp³-hybridized carbons (Fsp3) is 0.467. The molecule has 3 nitrogen and oxygen atoms in total. The second-order valence-corrected chi connectivity index (χ2v) is 5.81. The molecular formula is C15H20O3S. The van der Waals surface area contributed by atoms with Crippen LogP contribution in [-0.2, 0) is 14.3 Å². The summed E-state index contributed by atoms with van der Waals surface area (Å²) in [7, 11) is -3.66. The zero-order valence-corrected chi connectivity index (χ0v) is 12.1. The summed E-state index contributed by atoms with van der Waals surface area (Å²) in [4.78, 5) is 0.166. The highest BCUT2D eigenvalue weighted by molar-refractivity contribution is 7.86. The van der Waals surface area contributed by atoms with E-state index in [-0.39, 0.29) is 11.5 Å². The SMILES string of the molecule is CCCCCCC#CCOS(=O)(=O)c1ccccc1. The molecular weight excluding hydrogens is 260 g/mol. The summed E-state index contributed by atoms with van der Waals surface area (Å²) in [5.41, 5.74) is 0. The molecule has 104 valence electrons. The van der Waals surface area contributed by atoms with Crippen molar-refractivity contribution in [3.8, 4) is 11.8 Å². The molecule has 0 aromatic heterocycles. The van der Waals surface area contributed by atoms with E-state index in [1.54, 1.807) is 18.2 Å².